The Kier molecular flexibility index (Phi) is 5.13. The molecule has 0 atom stereocenters. The van der Waals surface area contributed by atoms with Crippen LogP contribution in [0.4, 0.5) is 0 Å². The lowest BCUT2D eigenvalue weighted by Gasteiger charge is -2.15. The average molecular weight is 303 g/mol. The summed E-state index contributed by atoms with van der Waals surface area (Å²) in [6.07, 6.45) is 4.37. The number of nitrogens with one attached hydrogen (secondary N) is 1. The number of nitrogens with zero attached hydrogens (tertiary/aromatic N) is 2. The standard InChI is InChI=1S/C15H17N3O4/c1-20-10-6-13(21-2)11(14(7-10)22-3)8-18-15(19)12-9-16-4-5-17-12/h4-7,9H,8H2,1-3H3,(H,18,19). The fourth-order valence-electron chi connectivity index (χ4n) is 1.93. The van der Waals surface area contributed by atoms with E-state index in [0.717, 1.165) is 0 Å². The number of hydrogen-bond donors (Lipinski definition) is 1. The third kappa shape index (κ3) is 3.43. The molecule has 1 heterocycles. The van der Waals surface area contributed by atoms with Gasteiger partial charge in [-0.15, -0.1) is 0 Å². The predicted molar refractivity (Wildman–Crippen MR) is 79.3 cm³/mol. The van der Waals surface area contributed by atoms with Gasteiger partial charge in [0.2, 0.25) is 0 Å². The first-order chi connectivity index (χ1) is 10.7. The first-order valence-electron chi connectivity index (χ1n) is 6.52. The van der Waals surface area contributed by atoms with E-state index in [0.29, 0.717) is 22.8 Å². The number of carbonyl (C=O) groups excluding carboxylic acids is 1. The van der Waals surface area contributed by atoms with Gasteiger partial charge in [-0.05, 0) is 0 Å². The molecule has 1 aromatic heterocycles. The summed E-state index contributed by atoms with van der Waals surface area (Å²) in [5.74, 6) is 1.41. The maximum Gasteiger partial charge on any atom is 0.271 e. The van der Waals surface area contributed by atoms with Gasteiger partial charge in [0.25, 0.3) is 5.91 Å². The van der Waals surface area contributed by atoms with Crippen LogP contribution in [0.25, 0.3) is 0 Å². The molecule has 0 aliphatic carbocycles. The average Bonchev–Trinajstić information content (AvgIpc) is 2.59. The van der Waals surface area contributed by atoms with Crippen LogP contribution in [0.15, 0.2) is 30.7 Å². The van der Waals surface area contributed by atoms with Crippen LogP contribution in [0.5, 0.6) is 17.2 Å². The zero-order valence-electron chi connectivity index (χ0n) is 12.6. The van der Waals surface area contributed by atoms with Crippen molar-refractivity contribution in [3.05, 3.63) is 42.0 Å². The third-order valence-electron chi connectivity index (χ3n) is 3.04. The van der Waals surface area contributed by atoms with Crippen molar-refractivity contribution < 1.29 is 19.0 Å². The lowest BCUT2D eigenvalue weighted by molar-refractivity contribution is 0.0945. The Morgan fingerprint density at radius 3 is 2.27 bits per heavy atom. The van der Waals surface area contributed by atoms with Crippen molar-refractivity contribution in [2.45, 2.75) is 6.54 Å². The number of benzene rings is 1. The highest BCUT2D eigenvalue weighted by Gasteiger charge is 2.15. The van der Waals surface area contributed by atoms with E-state index in [2.05, 4.69) is 15.3 Å². The van der Waals surface area contributed by atoms with E-state index < -0.39 is 0 Å². The van der Waals surface area contributed by atoms with Crippen molar-refractivity contribution in [2.24, 2.45) is 0 Å². The van der Waals surface area contributed by atoms with E-state index >= 15 is 0 Å². The molecule has 0 radical (unpaired) electrons. The highest BCUT2D eigenvalue weighted by molar-refractivity contribution is 5.91. The van der Waals surface area contributed by atoms with Crippen LogP contribution in [-0.4, -0.2) is 37.2 Å². The predicted octanol–water partition coefficient (Wildman–Crippen LogP) is 1.43. The third-order valence-corrected chi connectivity index (χ3v) is 3.04. The fourth-order valence-corrected chi connectivity index (χ4v) is 1.93. The molecule has 0 saturated carbocycles. The number of methoxy groups -OCH3 is 3. The number of rotatable bonds is 6. The van der Waals surface area contributed by atoms with Crippen molar-refractivity contribution in [3.63, 3.8) is 0 Å². The lowest BCUT2D eigenvalue weighted by Crippen LogP contribution is -2.24. The van der Waals surface area contributed by atoms with Crippen LogP contribution in [0, 0.1) is 0 Å². The first-order valence-corrected chi connectivity index (χ1v) is 6.52. The molecule has 0 saturated heterocycles. The second-order valence-electron chi connectivity index (χ2n) is 4.28. The molecule has 0 bridgehead atoms. The summed E-state index contributed by atoms with van der Waals surface area (Å²) in [5.41, 5.74) is 0.956. The Bertz CT molecular complexity index is 621. The maximum atomic E-state index is 12.0. The van der Waals surface area contributed by atoms with Gasteiger partial charge in [-0.2, -0.15) is 0 Å². The molecule has 116 valence electrons. The van der Waals surface area contributed by atoms with Gasteiger partial charge >= 0.3 is 0 Å². The number of aromatic nitrogens is 2. The molecule has 0 aliphatic rings. The molecule has 0 spiro atoms. The van der Waals surface area contributed by atoms with E-state index in [1.807, 2.05) is 0 Å². The number of ether oxygens (including phenoxy) is 3. The lowest BCUT2D eigenvalue weighted by atomic mass is 10.1. The number of carbonyl (C=O) groups is 1. The summed E-state index contributed by atoms with van der Waals surface area (Å²) >= 11 is 0. The second kappa shape index (κ2) is 7.26. The molecule has 7 heteroatoms. The first kappa shape index (κ1) is 15.6. The van der Waals surface area contributed by atoms with E-state index in [1.54, 1.807) is 33.5 Å². The van der Waals surface area contributed by atoms with Gasteiger partial charge in [0.15, 0.2) is 0 Å². The van der Waals surface area contributed by atoms with Crippen LogP contribution in [0.1, 0.15) is 16.1 Å². The van der Waals surface area contributed by atoms with Gasteiger partial charge in [0.05, 0.1) is 39.6 Å². The highest BCUT2D eigenvalue weighted by Crippen LogP contribution is 2.33. The molecule has 1 N–H and O–H groups in total. The topological polar surface area (TPSA) is 82.6 Å². The Morgan fingerprint density at radius 1 is 1.09 bits per heavy atom. The van der Waals surface area contributed by atoms with E-state index in [4.69, 9.17) is 14.2 Å². The van der Waals surface area contributed by atoms with E-state index in [1.165, 1.54) is 18.6 Å². The summed E-state index contributed by atoms with van der Waals surface area (Å²) in [5, 5.41) is 2.76. The quantitative estimate of drug-likeness (QED) is 0.869. The van der Waals surface area contributed by atoms with Crippen LogP contribution in [0.3, 0.4) is 0 Å². The zero-order chi connectivity index (χ0) is 15.9. The van der Waals surface area contributed by atoms with E-state index in [9.17, 15) is 4.79 Å². The minimum Gasteiger partial charge on any atom is -0.496 e. The molecule has 1 amide bonds. The number of amides is 1. The molecule has 0 fully saturated rings. The zero-order valence-corrected chi connectivity index (χ0v) is 12.6. The summed E-state index contributed by atoms with van der Waals surface area (Å²) in [4.78, 5) is 19.8. The minimum absolute atomic E-state index is 0.228. The summed E-state index contributed by atoms with van der Waals surface area (Å²) in [7, 11) is 4.65. The van der Waals surface area contributed by atoms with Crippen molar-refractivity contribution in [1.82, 2.24) is 15.3 Å². The van der Waals surface area contributed by atoms with Crippen LogP contribution >= 0.6 is 0 Å². The Labute approximate surface area is 128 Å². The van der Waals surface area contributed by atoms with Crippen molar-refractivity contribution >= 4 is 5.91 Å². The van der Waals surface area contributed by atoms with Gasteiger partial charge in [-0.25, -0.2) is 4.98 Å². The molecule has 2 aromatic rings. The van der Waals surface area contributed by atoms with Gasteiger partial charge in [-0.1, -0.05) is 0 Å². The Morgan fingerprint density at radius 2 is 1.77 bits per heavy atom. The largest absolute Gasteiger partial charge is 0.496 e. The summed E-state index contributed by atoms with van der Waals surface area (Å²) < 4.78 is 15.8. The number of hydrogen-bond acceptors (Lipinski definition) is 6. The molecular formula is C15H17N3O4. The summed E-state index contributed by atoms with van der Waals surface area (Å²) in [6.45, 7) is 0.228. The SMILES string of the molecule is COc1cc(OC)c(CNC(=O)c2cnccn2)c(OC)c1. The molecule has 0 unspecified atom stereocenters. The molecule has 22 heavy (non-hydrogen) atoms. The molecule has 1 aromatic carbocycles. The molecule has 7 nitrogen and oxygen atoms in total. The normalized spacial score (nSPS) is 9.95. The Balaban J connectivity index is 2.20. The van der Waals surface area contributed by atoms with Gasteiger partial charge in [0.1, 0.15) is 22.9 Å². The fraction of sp³-hybridized carbons (Fsp3) is 0.267. The van der Waals surface area contributed by atoms with E-state index in [-0.39, 0.29) is 18.1 Å². The molecule has 2 rings (SSSR count). The monoisotopic (exact) mass is 303 g/mol. The van der Waals surface area contributed by atoms with Crippen molar-refractivity contribution in [3.8, 4) is 17.2 Å². The van der Waals surface area contributed by atoms with Gasteiger partial charge < -0.3 is 19.5 Å². The second-order valence-corrected chi connectivity index (χ2v) is 4.28. The molecular weight excluding hydrogens is 286 g/mol. The van der Waals surface area contributed by atoms with Crippen LogP contribution in [-0.2, 0) is 6.54 Å². The van der Waals surface area contributed by atoms with Crippen LogP contribution in [0.2, 0.25) is 0 Å². The minimum atomic E-state index is -0.326. The van der Waals surface area contributed by atoms with Gasteiger partial charge in [-0.3, -0.25) is 9.78 Å². The maximum absolute atomic E-state index is 12.0. The van der Waals surface area contributed by atoms with Crippen molar-refractivity contribution in [1.29, 1.82) is 0 Å². The summed E-state index contributed by atoms with van der Waals surface area (Å²) in [6, 6.07) is 3.46. The Hall–Kier alpha value is -2.83. The van der Waals surface area contributed by atoms with Crippen LogP contribution < -0.4 is 19.5 Å². The van der Waals surface area contributed by atoms with Gasteiger partial charge in [0, 0.05) is 24.5 Å². The highest BCUT2D eigenvalue weighted by atomic mass is 16.5. The van der Waals surface area contributed by atoms with Crippen molar-refractivity contribution in [2.75, 3.05) is 21.3 Å². The molecule has 0 aliphatic heterocycles. The smallest absolute Gasteiger partial charge is 0.271 e.